The minimum Gasteiger partial charge on any atom is -0.495 e. The van der Waals surface area contributed by atoms with Gasteiger partial charge in [-0.15, -0.1) is 0 Å². The molecule has 186 valence electrons. The average molecular weight is 514 g/mol. The fourth-order valence-corrected chi connectivity index (χ4v) is 6.33. The maximum Gasteiger partial charge on any atom is 0.246 e. The zero-order valence-corrected chi connectivity index (χ0v) is 20.6. The molecule has 2 aromatic rings. The van der Waals surface area contributed by atoms with Gasteiger partial charge in [0, 0.05) is 32.1 Å². The van der Waals surface area contributed by atoms with Crippen LogP contribution in [-0.4, -0.2) is 60.3 Å². The second-order valence-corrected chi connectivity index (χ2v) is 11.6. The monoisotopic (exact) mass is 513 g/mol. The van der Waals surface area contributed by atoms with Gasteiger partial charge in [-0.1, -0.05) is 17.7 Å². The van der Waals surface area contributed by atoms with Gasteiger partial charge in [0.15, 0.2) is 0 Å². The van der Waals surface area contributed by atoms with E-state index in [2.05, 4.69) is 10.0 Å². The van der Waals surface area contributed by atoms with Gasteiger partial charge in [0.1, 0.15) is 16.5 Å². The highest BCUT2D eigenvalue weighted by Gasteiger charge is 2.34. The summed E-state index contributed by atoms with van der Waals surface area (Å²) in [5, 5.41) is 2.69. The zero-order valence-electron chi connectivity index (χ0n) is 19.0. The third-order valence-electron chi connectivity index (χ3n) is 5.62. The van der Waals surface area contributed by atoms with Crippen molar-refractivity contribution in [1.29, 1.82) is 0 Å². The number of sulfonamides is 2. The van der Waals surface area contributed by atoms with Crippen LogP contribution in [0.25, 0.3) is 0 Å². The van der Waals surface area contributed by atoms with E-state index in [9.17, 15) is 26.0 Å². The Labute approximate surface area is 199 Å². The Morgan fingerprint density at radius 2 is 1.71 bits per heavy atom. The van der Waals surface area contributed by atoms with E-state index in [-0.39, 0.29) is 60.5 Å². The van der Waals surface area contributed by atoms with Gasteiger partial charge < -0.3 is 10.1 Å². The molecule has 0 atom stereocenters. The van der Waals surface area contributed by atoms with Crippen molar-refractivity contribution in [3.8, 4) is 5.75 Å². The first-order valence-corrected chi connectivity index (χ1v) is 13.6. The summed E-state index contributed by atoms with van der Waals surface area (Å²) in [4.78, 5) is 12.4. The maximum absolute atomic E-state index is 13.6. The van der Waals surface area contributed by atoms with E-state index in [0.29, 0.717) is 0 Å². The number of aryl methyl sites for hydroxylation is 1. The topological polar surface area (TPSA) is 122 Å². The van der Waals surface area contributed by atoms with E-state index < -0.39 is 31.8 Å². The Hall–Kier alpha value is -2.54. The first-order valence-electron chi connectivity index (χ1n) is 10.7. The number of halogens is 1. The number of amides is 1. The molecule has 34 heavy (non-hydrogen) atoms. The van der Waals surface area contributed by atoms with Gasteiger partial charge in [-0.3, -0.25) is 4.79 Å². The number of methoxy groups -OCH3 is 1. The van der Waals surface area contributed by atoms with Crippen molar-refractivity contribution < 1.29 is 30.8 Å². The van der Waals surface area contributed by atoms with Crippen molar-refractivity contribution in [2.24, 2.45) is 5.92 Å². The lowest BCUT2D eigenvalue weighted by molar-refractivity contribution is -0.126. The molecule has 0 spiro atoms. The molecule has 0 aromatic heterocycles. The Morgan fingerprint density at radius 3 is 2.32 bits per heavy atom. The van der Waals surface area contributed by atoms with Gasteiger partial charge in [-0.2, -0.15) is 4.31 Å². The summed E-state index contributed by atoms with van der Waals surface area (Å²) in [7, 11) is -6.34. The van der Waals surface area contributed by atoms with E-state index in [0.717, 1.165) is 17.7 Å². The molecule has 1 aliphatic rings. The van der Waals surface area contributed by atoms with Crippen LogP contribution in [0.5, 0.6) is 5.75 Å². The molecule has 9 nitrogen and oxygen atoms in total. The predicted octanol–water partition coefficient (Wildman–Crippen LogP) is 1.64. The Balaban J connectivity index is 1.49. The number of rotatable bonds is 9. The van der Waals surface area contributed by atoms with Crippen LogP contribution in [0.2, 0.25) is 0 Å². The Morgan fingerprint density at radius 1 is 1.06 bits per heavy atom. The smallest absolute Gasteiger partial charge is 0.246 e. The molecule has 2 aromatic carbocycles. The number of carbonyl (C=O) groups is 1. The highest BCUT2D eigenvalue weighted by Crippen LogP contribution is 2.30. The van der Waals surface area contributed by atoms with Gasteiger partial charge in [-0.25, -0.2) is 25.9 Å². The predicted molar refractivity (Wildman–Crippen MR) is 124 cm³/mol. The number of hydrogen-bond donors (Lipinski definition) is 2. The zero-order chi connectivity index (χ0) is 24.9. The number of benzene rings is 2. The molecule has 0 unspecified atom stereocenters. The van der Waals surface area contributed by atoms with Gasteiger partial charge in [0.05, 0.1) is 12.0 Å². The summed E-state index contributed by atoms with van der Waals surface area (Å²) < 4.78 is 72.8. The minimum atomic E-state index is -3.98. The molecule has 1 heterocycles. The largest absolute Gasteiger partial charge is 0.495 e. The molecule has 2 N–H and O–H groups in total. The summed E-state index contributed by atoms with van der Waals surface area (Å²) in [6, 6.07) is 9.73. The second-order valence-electron chi connectivity index (χ2n) is 7.98. The fraction of sp³-hybridized carbons (Fsp3) is 0.409. The number of ether oxygens (including phenoxy) is 1. The molecule has 1 aliphatic heterocycles. The summed E-state index contributed by atoms with van der Waals surface area (Å²) in [6.45, 7) is 2.18. The molecule has 0 saturated carbocycles. The first kappa shape index (κ1) is 26.1. The van der Waals surface area contributed by atoms with Crippen molar-refractivity contribution in [3.05, 3.63) is 53.8 Å². The van der Waals surface area contributed by atoms with E-state index in [1.807, 2.05) is 6.92 Å². The van der Waals surface area contributed by atoms with Crippen LogP contribution in [0.3, 0.4) is 0 Å². The molecular weight excluding hydrogens is 485 g/mol. The van der Waals surface area contributed by atoms with Crippen LogP contribution < -0.4 is 14.8 Å². The van der Waals surface area contributed by atoms with Gasteiger partial charge >= 0.3 is 0 Å². The number of piperidine rings is 1. The number of hydrogen-bond acceptors (Lipinski definition) is 6. The number of nitrogens with zero attached hydrogens (tertiary/aromatic N) is 1. The lowest BCUT2D eigenvalue weighted by atomic mass is 9.97. The first-order chi connectivity index (χ1) is 16.0. The van der Waals surface area contributed by atoms with Crippen molar-refractivity contribution in [1.82, 2.24) is 14.3 Å². The van der Waals surface area contributed by atoms with Crippen molar-refractivity contribution in [3.63, 3.8) is 0 Å². The maximum atomic E-state index is 13.6. The number of carbonyl (C=O) groups excluding carboxylic acids is 1. The molecule has 1 fully saturated rings. The number of nitrogens with one attached hydrogen (secondary N) is 2. The summed E-state index contributed by atoms with van der Waals surface area (Å²) in [5.41, 5.74) is 0.945. The molecule has 1 amide bonds. The van der Waals surface area contributed by atoms with Crippen LogP contribution in [-0.2, 0) is 24.8 Å². The molecule has 3 rings (SSSR count). The SMILES string of the molecule is COc1ccc(F)cc1S(=O)(=O)N1CCC(C(=O)NCCNS(=O)(=O)c2ccc(C)cc2)CC1. The van der Waals surface area contributed by atoms with Crippen molar-refractivity contribution in [2.75, 3.05) is 33.3 Å². The van der Waals surface area contributed by atoms with E-state index in [1.165, 1.54) is 29.6 Å². The molecule has 0 aliphatic carbocycles. The summed E-state index contributed by atoms with van der Waals surface area (Å²) in [5.74, 6) is -1.31. The Kier molecular flexibility index (Phi) is 8.29. The summed E-state index contributed by atoms with van der Waals surface area (Å²) >= 11 is 0. The van der Waals surface area contributed by atoms with Gasteiger partial charge in [0.2, 0.25) is 26.0 Å². The van der Waals surface area contributed by atoms with Crippen LogP contribution in [0.4, 0.5) is 4.39 Å². The van der Waals surface area contributed by atoms with E-state index in [4.69, 9.17) is 4.74 Å². The lowest BCUT2D eigenvalue weighted by Crippen LogP contribution is -2.44. The highest BCUT2D eigenvalue weighted by molar-refractivity contribution is 7.89. The van der Waals surface area contributed by atoms with Crippen LogP contribution >= 0.6 is 0 Å². The van der Waals surface area contributed by atoms with Crippen LogP contribution in [0.1, 0.15) is 18.4 Å². The third kappa shape index (κ3) is 6.12. The second kappa shape index (κ2) is 10.8. The third-order valence-corrected chi connectivity index (χ3v) is 9.01. The van der Waals surface area contributed by atoms with Gasteiger partial charge in [0.25, 0.3) is 0 Å². The highest BCUT2D eigenvalue weighted by atomic mass is 32.2. The average Bonchev–Trinajstić information content (AvgIpc) is 2.82. The normalized spacial score (nSPS) is 15.7. The lowest BCUT2D eigenvalue weighted by Gasteiger charge is -2.30. The van der Waals surface area contributed by atoms with Crippen LogP contribution in [0.15, 0.2) is 52.3 Å². The fourth-order valence-electron chi connectivity index (χ4n) is 3.67. The summed E-state index contributed by atoms with van der Waals surface area (Å²) in [6.07, 6.45) is 0.579. The molecule has 12 heteroatoms. The standard InChI is InChI=1S/C22H28FN3O6S2/c1-16-3-6-19(7-4-16)33(28,29)25-12-11-24-22(27)17-9-13-26(14-10-17)34(30,31)21-15-18(23)5-8-20(21)32-2/h3-8,15,17,25H,9-14H2,1-2H3,(H,24,27). The van der Waals surface area contributed by atoms with Crippen molar-refractivity contribution in [2.45, 2.75) is 29.6 Å². The molecule has 0 radical (unpaired) electrons. The van der Waals surface area contributed by atoms with Gasteiger partial charge in [-0.05, 0) is 50.1 Å². The quantitative estimate of drug-likeness (QED) is 0.492. The molecule has 0 bridgehead atoms. The van der Waals surface area contributed by atoms with E-state index >= 15 is 0 Å². The Bertz CT molecular complexity index is 1230. The van der Waals surface area contributed by atoms with E-state index in [1.54, 1.807) is 12.1 Å². The minimum absolute atomic E-state index is 0.0224. The molecule has 1 saturated heterocycles. The van der Waals surface area contributed by atoms with Crippen molar-refractivity contribution >= 4 is 26.0 Å². The molecular formula is C22H28FN3O6S2. The van der Waals surface area contributed by atoms with Crippen LogP contribution in [0, 0.1) is 18.7 Å².